The lowest BCUT2D eigenvalue weighted by Crippen LogP contribution is -2.56. The Labute approximate surface area is 227 Å². The van der Waals surface area contributed by atoms with Gasteiger partial charge in [0.25, 0.3) is 0 Å². The highest BCUT2D eigenvalue weighted by Crippen LogP contribution is 2.55. The molecule has 5 atom stereocenters. The Balaban J connectivity index is 1.33. The summed E-state index contributed by atoms with van der Waals surface area (Å²) in [5.41, 5.74) is 1.83. The molecule has 1 aliphatic carbocycles. The summed E-state index contributed by atoms with van der Waals surface area (Å²) in [5.74, 6) is -3.14. The molecule has 2 bridgehead atoms. The second-order valence-corrected chi connectivity index (χ2v) is 11.4. The number of ether oxygens (including phenoxy) is 1. The number of nitrogens with zero attached hydrogens (tertiary/aromatic N) is 1. The highest BCUT2D eigenvalue weighted by atomic mass is 19.1. The monoisotopic (exact) mass is 531 g/mol. The molecule has 39 heavy (non-hydrogen) atoms. The summed E-state index contributed by atoms with van der Waals surface area (Å²) in [6.45, 7) is 3.89. The number of carbonyl (C=O) groups excluding carboxylic acids is 3. The van der Waals surface area contributed by atoms with Gasteiger partial charge in [0.2, 0.25) is 17.7 Å². The van der Waals surface area contributed by atoms with Crippen molar-refractivity contribution in [2.75, 3.05) is 5.32 Å². The number of benzene rings is 2. The second-order valence-electron chi connectivity index (χ2n) is 11.4. The molecule has 3 fully saturated rings. The van der Waals surface area contributed by atoms with E-state index in [1.54, 1.807) is 30.4 Å². The number of anilines is 1. The molecular formula is C31H34FN3O4. The van der Waals surface area contributed by atoms with Gasteiger partial charge in [0.15, 0.2) is 0 Å². The molecule has 8 heteroatoms. The standard InChI is InChI=1S/C31H34FN3O4/c1-18-12-13-22(16-19(18)2)34-28(36)25-24-14-15-31(39-24)26(25)30(38)35(17-20-8-6-7-11-23(20)32)27(31)29(37)33-21-9-4-3-5-10-21/h6-8,11-16,21,24-27H,3-5,9-10,17H2,1-2H3,(H,33,37)(H,34,36)/t24-,25-,26-,27-,31-/m0/s1. The van der Waals surface area contributed by atoms with Gasteiger partial charge >= 0.3 is 0 Å². The normalized spacial score (nSPS) is 29.5. The number of fused-ring (bicyclic) bond motifs is 1. The Kier molecular flexibility index (Phi) is 6.53. The van der Waals surface area contributed by atoms with E-state index in [9.17, 15) is 18.8 Å². The Morgan fingerprint density at radius 2 is 1.82 bits per heavy atom. The Bertz CT molecular complexity index is 1350. The lowest BCUT2D eigenvalue weighted by atomic mass is 9.74. The molecule has 6 rings (SSSR count). The maximum absolute atomic E-state index is 14.7. The average Bonchev–Trinajstić information content (AvgIpc) is 3.56. The van der Waals surface area contributed by atoms with Gasteiger partial charge < -0.3 is 20.3 Å². The fourth-order valence-electron chi connectivity index (χ4n) is 6.82. The zero-order chi connectivity index (χ0) is 27.3. The number of carbonyl (C=O) groups is 3. The van der Waals surface area contributed by atoms with Crippen LogP contribution >= 0.6 is 0 Å². The summed E-state index contributed by atoms with van der Waals surface area (Å²) in [5, 5.41) is 6.12. The summed E-state index contributed by atoms with van der Waals surface area (Å²) in [7, 11) is 0. The van der Waals surface area contributed by atoms with Crippen molar-refractivity contribution in [3.8, 4) is 0 Å². The van der Waals surface area contributed by atoms with Crippen LogP contribution in [-0.4, -0.2) is 46.4 Å². The first-order valence-electron chi connectivity index (χ1n) is 13.9. The molecule has 3 amide bonds. The van der Waals surface area contributed by atoms with Crippen molar-refractivity contribution in [3.63, 3.8) is 0 Å². The van der Waals surface area contributed by atoms with E-state index in [1.807, 2.05) is 32.0 Å². The number of amides is 3. The van der Waals surface area contributed by atoms with Crippen LogP contribution < -0.4 is 10.6 Å². The summed E-state index contributed by atoms with van der Waals surface area (Å²) in [6, 6.07) is 10.9. The van der Waals surface area contributed by atoms with Gasteiger partial charge in [0.05, 0.1) is 17.9 Å². The zero-order valence-electron chi connectivity index (χ0n) is 22.3. The topological polar surface area (TPSA) is 87.7 Å². The van der Waals surface area contributed by atoms with E-state index >= 15 is 0 Å². The largest absolute Gasteiger partial charge is 0.359 e. The van der Waals surface area contributed by atoms with Gasteiger partial charge in [-0.1, -0.05) is 55.7 Å². The number of halogens is 1. The Morgan fingerprint density at radius 3 is 2.56 bits per heavy atom. The lowest BCUT2D eigenvalue weighted by molar-refractivity contribution is -0.142. The minimum Gasteiger partial charge on any atom is -0.359 e. The van der Waals surface area contributed by atoms with Crippen molar-refractivity contribution in [1.82, 2.24) is 10.2 Å². The van der Waals surface area contributed by atoms with Crippen LogP contribution in [0.25, 0.3) is 0 Å². The molecule has 0 radical (unpaired) electrons. The molecule has 2 aromatic carbocycles. The number of rotatable bonds is 6. The van der Waals surface area contributed by atoms with E-state index in [0.717, 1.165) is 43.2 Å². The molecule has 3 aliphatic heterocycles. The molecule has 0 unspecified atom stereocenters. The summed E-state index contributed by atoms with van der Waals surface area (Å²) < 4.78 is 21.1. The number of likely N-dealkylation sites (tertiary alicyclic amines) is 1. The lowest BCUT2D eigenvalue weighted by Gasteiger charge is -2.34. The molecule has 1 spiro atoms. The van der Waals surface area contributed by atoms with Crippen LogP contribution in [0.5, 0.6) is 0 Å². The molecule has 4 aliphatic rings. The summed E-state index contributed by atoms with van der Waals surface area (Å²) >= 11 is 0. The van der Waals surface area contributed by atoms with Crippen LogP contribution in [0.2, 0.25) is 0 Å². The van der Waals surface area contributed by atoms with Crippen LogP contribution in [0.4, 0.5) is 10.1 Å². The molecule has 1 saturated carbocycles. The van der Waals surface area contributed by atoms with Crippen LogP contribution in [0.3, 0.4) is 0 Å². The third-order valence-electron chi connectivity index (χ3n) is 8.95. The minimum atomic E-state index is -1.28. The van der Waals surface area contributed by atoms with Crippen molar-refractivity contribution in [2.45, 2.75) is 76.3 Å². The number of aryl methyl sites for hydroxylation is 2. The fraction of sp³-hybridized carbons (Fsp3) is 0.452. The van der Waals surface area contributed by atoms with Crippen LogP contribution in [0.15, 0.2) is 54.6 Å². The third kappa shape index (κ3) is 4.35. The van der Waals surface area contributed by atoms with E-state index in [0.29, 0.717) is 11.3 Å². The van der Waals surface area contributed by atoms with E-state index in [2.05, 4.69) is 10.6 Å². The van der Waals surface area contributed by atoms with E-state index in [1.165, 1.54) is 11.0 Å². The molecule has 2 aromatic rings. The zero-order valence-corrected chi connectivity index (χ0v) is 22.3. The molecule has 3 heterocycles. The first-order chi connectivity index (χ1) is 18.8. The first-order valence-corrected chi connectivity index (χ1v) is 13.9. The van der Waals surface area contributed by atoms with Gasteiger partial charge in [-0.2, -0.15) is 0 Å². The molecule has 7 nitrogen and oxygen atoms in total. The molecule has 204 valence electrons. The maximum atomic E-state index is 14.7. The molecule has 2 saturated heterocycles. The van der Waals surface area contributed by atoms with Gasteiger partial charge in [-0.15, -0.1) is 0 Å². The molecular weight excluding hydrogens is 497 g/mol. The van der Waals surface area contributed by atoms with Gasteiger partial charge in [-0.25, -0.2) is 4.39 Å². The maximum Gasteiger partial charge on any atom is 0.246 e. The second kappa shape index (κ2) is 9.90. The van der Waals surface area contributed by atoms with Crippen molar-refractivity contribution in [1.29, 1.82) is 0 Å². The smallest absolute Gasteiger partial charge is 0.246 e. The van der Waals surface area contributed by atoms with Crippen LogP contribution in [0, 0.1) is 31.5 Å². The molecule has 2 N–H and O–H groups in total. The highest BCUT2D eigenvalue weighted by Gasteiger charge is 2.72. The number of hydrogen-bond donors (Lipinski definition) is 2. The number of nitrogens with one attached hydrogen (secondary N) is 2. The van der Waals surface area contributed by atoms with Crippen LogP contribution in [-0.2, 0) is 25.7 Å². The van der Waals surface area contributed by atoms with Crippen molar-refractivity contribution in [2.24, 2.45) is 11.8 Å². The third-order valence-corrected chi connectivity index (χ3v) is 8.95. The van der Waals surface area contributed by atoms with E-state index < -0.39 is 35.4 Å². The van der Waals surface area contributed by atoms with Gasteiger partial charge in [-0.3, -0.25) is 14.4 Å². The average molecular weight is 532 g/mol. The van der Waals surface area contributed by atoms with Gasteiger partial charge in [0.1, 0.15) is 17.5 Å². The van der Waals surface area contributed by atoms with E-state index in [4.69, 9.17) is 4.74 Å². The quantitative estimate of drug-likeness (QED) is 0.548. The fourth-order valence-corrected chi connectivity index (χ4v) is 6.82. The van der Waals surface area contributed by atoms with Crippen LogP contribution in [0.1, 0.15) is 48.8 Å². The van der Waals surface area contributed by atoms with Gasteiger partial charge in [-0.05, 0) is 56.0 Å². The predicted octanol–water partition coefficient (Wildman–Crippen LogP) is 4.18. The highest BCUT2D eigenvalue weighted by molar-refractivity contribution is 6.02. The van der Waals surface area contributed by atoms with Crippen molar-refractivity contribution in [3.05, 3.63) is 77.1 Å². The van der Waals surface area contributed by atoms with Gasteiger partial charge in [0, 0.05) is 23.8 Å². The minimum absolute atomic E-state index is 0.0265. The molecule has 0 aromatic heterocycles. The Morgan fingerprint density at radius 1 is 1.05 bits per heavy atom. The summed E-state index contributed by atoms with van der Waals surface area (Å²) in [4.78, 5) is 43.0. The SMILES string of the molecule is Cc1ccc(NC(=O)[C@H]2[C@@H]3C=C[C@]4(O3)[C@@H]2C(=O)N(Cc2ccccc2F)[C@H]4C(=O)NC2CCCCC2)cc1C. The Hall–Kier alpha value is -3.52. The van der Waals surface area contributed by atoms with Crippen molar-refractivity contribution >= 4 is 23.4 Å². The van der Waals surface area contributed by atoms with E-state index in [-0.39, 0.29) is 30.3 Å². The van der Waals surface area contributed by atoms with Crippen molar-refractivity contribution < 1.29 is 23.5 Å². The summed E-state index contributed by atoms with van der Waals surface area (Å²) in [6.07, 6.45) is 7.96. The predicted molar refractivity (Wildman–Crippen MR) is 144 cm³/mol. The first kappa shape index (κ1) is 25.7. The number of hydrogen-bond acceptors (Lipinski definition) is 4.